The Bertz CT molecular complexity index is 369. The molecule has 0 aliphatic carbocycles. The quantitative estimate of drug-likeness (QED) is 0.685. The second kappa shape index (κ2) is 2.65. The lowest BCUT2D eigenvalue weighted by atomic mass is 10.3. The Morgan fingerprint density at radius 3 is 2.83 bits per heavy atom. The zero-order valence-electron chi connectivity index (χ0n) is 6.27. The van der Waals surface area contributed by atoms with E-state index in [0.717, 1.165) is 0 Å². The number of rotatable bonds is 1. The Labute approximate surface area is 69.1 Å². The summed E-state index contributed by atoms with van der Waals surface area (Å²) in [5.74, 6) is 0.595. The first-order valence-corrected chi connectivity index (χ1v) is 3.47. The van der Waals surface area contributed by atoms with E-state index >= 15 is 0 Å². The van der Waals surface area contributed by atoms with Gasteiger partial charge in [0.2, 0.25) is 0 Å². The summed E-state index contributed by atoms with van der Waals surface area (Å²) in [6.45, 7) is 0. The van der Waals surface area contributed by atoms with Crippen molar-refractivity contribution >= 4 is 5.69 Å². The highest BCUT2D eigenvalue weighted by Gasteiger charge is 2.05. The number of nitrogens with zero attached hydrogens (tertiary/aromatic N) is 2. The zero-order chi connectivity index (χ0) is 8.39. The van der Waals surface area contributed by atoms with Crippen LogP contribution in [0, 0.1) is 0 Å². The topological polar surface area (TPSA) is 64.9 Å². The molecule has 4 heteroatoms. The largest absolute Gasteiger partial charge is 0.460 e. The highest BCUT2D eigenvalue weighted by molar-refractivity contribution is 5.67. The van der Waals surface area contributed by atoms with Gasteiger partial charge in [-0.2, -0.15) is 0 Å². The third-order valence-electron chi connectivity index (χ3n) is 1.51. The molecule has 2 heterocycles. The van der Waals surface area contributed by atoms with Crippen molar-refractivity contribution in [2.75, 3.05) is 5.73 Å². The maximum absolute atomic E-state index is 5.62. The summed E-state index contributed by atoms with van der Waals surface area (Å²) in [5.41, 5.74) is 6.91. The first-order chi connectivity index (χ1) is 5.88. The van der Waals surface area contributed by atoms with Crippen LogP contribution in [0.2, 0.25) is 0 Å². The van der Waals surface area contributed by atoms with Gasteiger partial charge in [-0.3, -0.25) is 0 Å². The minimum atomic E-state index is 0.591. The molecule has 2 aromatic heterocycles. The molecular formula is C8H7N3O. The fourth-order valence-corrected chi connectivity index (χ4v) is 0.952. The lowest BCUT2D eigenvalue weighted by Gasteiger charge is -1.94. The van der Waals surface area contributed by atoms with Crippen LogP contribution in [0.5, 0.6) is 0 Å². The van der Waals surface area contributed by atoms with Gasteiger partial charge in [0.15, 0.2) is 5.76 Å². The number of hydrogen-bond donors (Lipinski definition) is 1. The van der Waals surface area contributed by atoms with Gasteiger partial charge >= 0.3 is 0 Å². The van der Waals surface area contributed by atoms with Gasteiger partial charge in [-0.15, -0.1) is 0 Å². The second-order valence-electron chi connectivity index (χ2n) is 2.30. The van der Waals surface area contributed by atoms with Gasteiger partial charge in [0.25, 0.3) is 0 Å². The van der Waals surface area contributed by atoms with Gasteiger partial charge in [0, 0.05) is 12.3 Å². The van der Waals surface area contributed by atoms with Crippen molar-refractivity contribution in [1.82, 2.24) is 9.97 Å². The number of nitrogen functional groups attached to an aromatic ring is 1. The molecule has 12 heavy (non-hydrogen) atoms. The Balaban J connectivity index is 2.51. The van der Waals surface area contributed by atoms with Gasteiger partial charge in [0.1, 0.15) is 12.0 Å². The average molecular weight is 161 g/mol. The van der Waals surface area contributed by atoms with E-state index in [1.54, 1.807) is 18.3 Å². The van der Waals surface area contributed by atoms with Gasteiger partial charge in [0.05, 0.1) is 12.0 Å². The molecule has 0 saturated heterocycles. The molecule has 2 rings (SSSR count). The highest BCUT2D eigenvalue weighted by atomic mass is 16.3. The molecule has 2 aromatic rings. The van der Waals surface area contributed by atoms with Crippen LogP contribution in [0.1, 0.15) is 0 Å². The van der Waals surface area contributed by atoms with E-state index in [1.165, 1.54) is 12.6 Å². The van der Waals surface area contributed by atoms with E-state index in [9.17, 15) is 0 Å². The van der Waals surface area contributed by atoms with Crippen molar-refractivity contribution in [3.8, 4) is 11.5 Å². The Hall–Kier alpha value is -1.84. The summed E-state index contributed by atoms with van der Waals surface area (Å²) in [4.78, 5) is 7.79. The van der Waals surface area contributed by atoms with Gasteiger partial charge in [-0.1, -0.05) is 0 Å². The molecule has 0 unspecified atom stereocenters. The summed E-state index contributed by atoms with van der Waals surface area (Å²) >= 11 is 0. The maximum atomic E-state index is 5.62. The molecular weight excluding hydrogens is 154 g/mol. The number of aromatic nitrogens is 2. The fraction of sp³-hybridized carbons (Fsp3) is 0. The summed E-state index contributed by atoms with van der Waals surface area (Å²) < 4.78 is 5.14. The molecule has 0 atom stereocenters. The molecule has 4 nitrogen and oxygen atoms in total. The number of hydrogen-bond acceptors (Lipinski definition) is 4. The summed E-state index contributed by atoms with van der Waals surface area (Å²) in [6, 6.07) is 3.44. The molecule has 0 amide bonds. The van der Waals surface area contributed by atoms with Crippen LogP contribution in [-0.4, -0.2) is 9.97 Å². The van der Waals surface area contributed by atoms with E-state index in [2.05, 4.69) is 9.97 Å². The van der Waals surface area contributed by atoms with Crippen LogP contribution in [0.25, 0.3) is 11.5 Å². The van der Waals surface area contributed by atoms with Crippen molar-refractivity contribution in [2.24, 2.45) is 0 Å². The van der Waals surface area contributed by atoms with Crippen LogP contribution in [0.15, 0.2) is 35.3 Å². The number of furan rings is 1. The summed E-state index contributed by atoms with van der Waals surface area (Å²) in [5, 5.41) is 0. The van der Waals surface area contributed by atoms with E-state index in [4.69, 9.17) is 10.2 Å². The molecule has 0 saturated carbocycles. The van der Waals surface area contributed by atoms with E-state index in [0.29, 0.717) is 17.1 Å². The van der Waals surface area contributed by atoms with Gasteiger partial charge < -0.3 is 10.2 Å². The van der Waals surface area contributed by atoms with Crippen LogP contribution in [-0.2, 0) is 0 Å². The Morgan fingerprint density at radius 1 is 1.33 bits per heavy atom. The van der Waals surface area contributed by atoms with Crippen molar-refractivity contribution in [2.45, 2.75) is 0 Å². The third kappa shape index (κ3) is 1.03. The molecule has 0 spiro atoms. The zero-order valence-corrected chi connectivity index (χ0v) is 6.27. The summed E-state index contributed by atoms with van der Waals surface area (Å²) in [7, 11) is 0. The van der Waals surface area contributed by atoms with Crippen LogP contribution in [0.3, 0.4) is 0 Å². The average Bonchev–Trinajstić information content (AvgIpc) is 2.53. The number of anilines is 1. The third-order valence-corrected chi connectivity index (χ3v) is 1.51. The van der Waals surface area contributed by atoms with Crippen molar-refractivity contribution in [1.29, 1.82) is 0 Å². The van der Waals surface area contributed by atoms with E-state index < -0.39 is 0 Å². The summed E-state index contributed by atoms with van der Waals surface area (Å²) in [6.07, 6.45) is 4.63. The van der Waals surface area contributed by atoms with Crippen LogP contribution < -0.4 is 5.73 Å². The van der Waals surface area contributed by atoms with Crippen molar-refractivity contribution in [3.05, 3.63) is 30.9 Å². The lowest BCUT2D eigenvalue weighted by Crippen LogP contribution is -1.87. The van der Waals surface area contributed by atoms with Crippen molar-refractivity contribution < 1.29 is 4.42 Å². The first-order valence-electron chi connectivity index (χ1n) is 3.47. The molecule has 0 aliphatic rings. The molecule has 0 aliphatic heterocycles. The van der Waals surface area contributed by atoms with Crippen LogP contribution >= 0.6 is 0 Å². The molecule has 60 valence electrons. The standard InChI is InChI=1S/C8H7N3O/c9-6-2-4-12-8(6)7-1-3-10-5-11-7/h1-5H,9H2. The normalized spacial score (nSPS) is 10.0. The molecule has 0 aromatic carbocycles. The van der Waals surface area contributed by atoms with E-state index in [-0.39, 0.29) is 0 Å². The Kier molecular flexibility index (Phi) is 1.51. The number of nitrogens with two attached hydrogens (primary N) is 1. The van der Waals surface area contributed by atoms with E-state index in [1.807, 2.05) is 0 Å². The van der Waals surface area contributed by atoms with Crippen molar-refractivity contribution in [3.63, 3.8) is 0 Å². The van der Waals surface area contributed by atoms with Gasteiger partial charge in [-0.05, 0) is 6.07 Å². The Morgan fingerprint density at radius 2 is 2.25 bits per heavy atom. The minimum Gasteiger partial charge on any atom is -0.460 e. The molecule has 0 fully saturated rings. The fourth-order valence-electron chi connectivity index (χ4n) is 0.952. The minimum absolute atomic E-state index is 0.591. The second-order valence-corrected chi connectivity index (χ2v) is 2.30. The monoisotopic (exact) mass is 161 g/mol. The molecule has 0 radical (unpaired) electrons. The molecule has 2 N–H and O–H groups in total. The van der Waals surface area contributed by atoms with Crippen LogP contribution in [0.4, 0.5) is 5.69 Å². The first kappa shape index (κ1) is 6.84. The SMILES string of the molecule is Nc1ccoc1-c1ccncn1. The predicted molar refractivity (Wildman–Crippen MR) is 44.1 cm³/mol. The smallest absolute Gasteiger partial charge is 0.175 e. The molecule has 0 bridgehead atoms. The lowest BCUT2D eigenvalue weighted by molar-refractivity contribution is 0.580. The highest BCUT2D eigenvalue weighted by Crippen LogP contribution is 2.23. The maximum Gasteiger partial charge on any atom is 0.175 e. The predicted octanol–water partition coefficient (Wildman–Crippen LogP) is 1.32. The van der Waals surface area contributed by atoms with Gasteiger partial charge in [-0.25, -0.2) is 9.97 Å².